The largest absolute Gasteiger partial charge is 0.448 e. The Balaban J connectivity index is 1.87. The van der Waals surface area contributed by atoms with E-state index in [0.717, 1.165) is 21.3 Å². The van der Waals surface area contributed by atoms with E-state index < -0.39 is 6.23 Å². The second-order valence-corrected chi connectivity index (χ2v) is 6.66. The third kappa shape index (κ3) is 3.19. The first-order valence-corrected chi connectivity index (χ1v) is 8.89. The summed E-state index contributed by atoms with van der Waals surface area (Å²) in [4.78, 5) is 4.41. The van der Waals surface area contributed by atoms with Gasteiger partial charge in [0.1, 0.15) is 5.82 Å². The molecule has 0 amide bonds. The number of hydrogen-bond donors (Lipinski definition) is 2. The van der Waals surface area contributed by atoms with Crippen LogP contribution in [0.15, 0.2) is 46.9 Å². The monoisotopic (exact) mass is 418 g/mol. The predicted octanol–water partition coefficient (Wildman–Crippen LogP) is 4.37. The molecule has 1 unspecified atom stereocenters. The van der Waals surface area contributed by atoms with Crippen molar-refractivity contribution in [2.45, 2.75) is 12.0 Å². The number of ether oxygens (including phenoxy) is 1. The fourth-order valence-corrected chi connectivity index (χ4v) is 3.07. The van der Waals surface area contributed by atoms with Gasteiger partial charge in [-0.1, -0.05) is 28.1 Å². The number of thiol groups is 1. The number of rotatable bonds is 2. The average Bonchev–Trinajstić information content (AvgIpc) is 2.78. The number of halogens is 2. The van der Waals surface area contributed by atoms with E-state index in [9.17, 15) is 4.39 Å². The van der Waals surface area contributed by atoms with E-state index in [1.54, 1.807) is 12.1 Å². The third-order valence-corrected chi connectivity index (χ3v) is 4.54. The summed E-state index contributed by atoms with van der Waals surface area (Å²) in [7, 11) is 0. The van der Waals surface area contributed by atoms with Crippen LogP contribution in [0.1, 0.15) is 17.6 Å². The summed E-state index contributed by atoms with van der Waals surface area (Å²) in [5, 5.41) is 11.7. The number of nitrogens with zero attached hydrogens (tertiary/aromatic N) is 3. The molecule has 1 aromatic heterocycles. The van der Waals surface area contributed by atoms with E-state index in [1.807, 2.05) is 18.2 Å². The molecule has 1 aliphatic heterocycles. The number of anilines is 1. The maximum Gasteiger partial charge on any atom is 0.246 e. The van der Waals surface area contributed by atoms with Crippen molar-refractivity contribution in [3.8, 4) is 17.1 Å². The molecule has 0 saturated carbocycles. The molecule has 1 atom stereocenters. The highest BCUT2D eigenvalue weighted by Gasteiger charge is 2.26. The van der Waals surface area contributed by atoms with Crippen LogP contribution in [0.3, 0.4) is 0 Å². The Morgan fingerprint density at radius 1 is 1.16 bits per heavy atom. The molecule has 3 aromatic rings. The van der Waals surface area contributed by atoms with Crippen molar-refractivity contribution in [3.05, 3.63) is 64.1 Å². The maximum atomic E-state index is 13.2. The Labute approximate surface area is 157 Å². The number of aromatic nitrogens is 3. The molecule has 1 aliphatic rings. The van der Waals surface area contributed by atoms with Gasteiger partial charge < -0.3 is 10.1 Å². The average molecular weight is 419 g/mol. The Morgan fingerprint density at radius 3 is 2.72 bits per heavy atom. The zero-order valence-electron chi connectivity index (χ0n) is 12.8. The summed E-state index contributed by atoms with van der Waals surface area (Å²) < 4.78 is 20.2. The molecule has 0 fully saturated rings. The first-order valence-electron chi connectivity index (χ1n) is 7.47. The fourth-order valence-electron chi connectivity index (χ4n) is 2.57. The van der Waals surface area contributed by atoms with E-state index in [2.05, 4.69) is 49.1 Å². The minimum Gasteiger partial charge on any atom is -0.448 e. The first kappa shape index (κ1) is 16.3. The molecular formula is C17H12BrFN4OS. The lowest BCUT2D eigenvalue weighted by molar-refractivity contribution is 0.226. The Kier molecular flexibility index (Phi) is 4.30. The second kappa shape index (κ2) is 6.61. The van der Waals surface area contributed by atoms with Crippen LogP contribution >= 0.6 is 28.6 Å². The SMILES string of the molecule is Fc1ccc(C2Nc3ccc(Br)cc3-c3nnc(CS)nc3O2)cc1. The lowest BCUT2D eigenvalue weighted by Crippen LogP contribution is -2.17. The van der Waals surface area contributed by atoms with Crippen molar-refractivity contribution < 1.29 is 9.13 Å². The van der Waals surface area contributed by atoms with Gasteiger partial charge in [-0.3, -0.25) is 0 Å². The molecule has 0 aliphatic carbocycles. The van der Waals surface area contributed by atoms with Crippen molar-refractivity contribution >= 4 is 34.2 Å². The topological polar surface area (TPSA) is 59.9 Å². The van der Waals surface area contributed by atoms with E-state index in [1.165, 1.54) is 12.1 Å². The molecule has 0 spiro atoms. The molecule has 2 aromatic carbocycles. The lowest BCUT2D eigenvalue weighted by Gasteiger charge is -2.19. The molecule has 0 radical (unpaired) electrons. The van der Waals surface area contributed by atoms with Crippen LogP contribution in [0.25, 0.3) is 11.3 Å². The van der Waals surface area contributed by atoms with Crippen molar-refractivity contribution in [2.24, 2.45) is 0 Å². The normalized spacial score (nSPS) is 15.4. The highest BCUT2D eigenvalue weighted by Crippen LogP contribution is 2.40. The van der Waals surface area contributed by atoms with Gasteiger partial charge in [0.05, 0.1) is 5.75 Å². The molecule has 126 valence electrons. The summed E-state index contributed by atoms with van der Waals surface area (Å²) in [5.74, 6) is 0.878. The standard InChI is InChI=1S/C17H12BrFN4OS/c18-10-3-6-13-12(7-10)15-17(21-14(8-25)22-23-15)24-16(20-13)9-1-4-11(19)5-2-9/h1-7,16,20,25H,8H2. The van der Waals surface area contributed by atoms with E-state index in [4.69, 9.17) is 4.74 Å². The maximum absolute atomic E-state index is 13.2. The molecule has 0 saturated heterocycles. The fraction of sp³-hybridized carbons (Fsp3) is 0.118. The molecule has 25 heavy (non-hydrogen) atoms. The molecule has 8 heteroatoms. The number of benzene rings is 2. The van der Waals surface area contributed by atoms with Gasteiger partial charge in [0.15, 0.2) is 17.7 Å². The van der Waals surface area contributed by atoms with Crippen LogP contribution in [0.5, 0.6) is 5.88 Å². The molecular weight excluding hydrogens is 407 g/mol. The minimum atomic E-state index is -0.536. The molecule has 1 N–H and O–H groups in total. The van der Waals surface area contributed by atoms with Gasteiger partial charge in [-0.25, -0.2) is 4.39 Å². The van der Waals surface area contributed by atoms with Crippen LogP contribution in [0, 0.1) is 5.82 Å². The molecule has 2 heterocycles. The zero-order valence-corrected chi connectivity index (χ0v) is 15.3. The summed E-state index contributed by atoms with van der Waals surface area (Å²) >= 11 is 7.67. The van der Waals surface area contributed by atoms with E-state index in [0.29, 0.717) is 23.2 Å². The molecule has 5 nitrogen and oxygen atoms in total. The van der Waals surface area contributed by atoms with Crippen molar-refractivity contribution in [3.63, 3.8) is 0 Å². The van der Waals surface area contributed by atoms with E-state index in [-0.39, 0.29) is 5.82 Å². The van der Waals surface area contributed by atoms with Crippen LogP contribution in [-0.2, 0) is 5.75 Å². The quantitative estimate of drug-likeness (QED) is 0.604. The summed E-state index contributed by atoms with van der Waals surface area (Å²) in [6, 6.07) is 11.9. The predicted molar refractivity (Wildman–Crippen MR) is 99.0 cm³/mol. The molecule has 0 bridgehead atoms. The van der Waals surface area contributed by atoms with Gasteiger partial charge in [0.2, 0.25) is 5.88 Å². The summed E-state index contributed by atoms with van der Waals surface area (Å²) in [6.45, 7) is 0. The van der Waals surface area contributed by atoms with Gasteiger partial charge in [-0.15, -0.1) is 10.2 Å². The highest BCUT2D eigenvalue weighted by atomic mass is 79.9. The number of fused-ring (bicyclic) bond motifs is 3. The number of nitrogens with one attached hydrogen (secondary N) is 1. The van der Waals surface area contributed by atoms with Crippen molar-refractivity contribution in [2.75, 3.05) is 5.32 Å². The smallest absolute Gasteiger partial charge is 0.246 e. The third-order valence-electron chi connectivity index (χ3n) is 3.77. The van der Waals surface area contributed by atoms with Gasteiger partial charge in [0.25, 0.3) is 0 Å². The van der Waals surface area contributed by atoms with Gasteiger partial charge >= 0.3 is 0 Å². The summed E-state index contributed by atoms with van der Waals surface area (Å²) in [6.07, 6.45) is -0.536. The zero-order chi connectivity index (χ0) is 17.4. The van der Waals surface area contributed by atoms with Gasteiger partial charge in [-0.2, -0.15) is 17.6 Å². The summed E-state index contributed by atoms with van der Waals surface area (Å²) in [5.41, 5.74) is 2.96. The number of hydrogen-bond acceptors (Lipinski definition) is 6. The first-order chi connectivity index (χ1) is 12.1. The molecule has 4 rings (SSSR count). The van der Waals surface area contributed by atoms with Crippen LogP contribution in [0.4, 0.5) is 10.1 Å². The van der Waals surface area contributed by atoms with Crippen molar-refractivity contribution in [1.29, 1.82) is 0 Å². The Morgan fingerprint density at radius 2 is 1.96 bits per heavy atom. The van der Waals surface area contributed by atoms with Crippen molar-refractivity contribution in [1.82, 2.24) is 15.2 Å². The lowest BCUT2D eigenvalue weighted by atomic mass is 10.1. The van der Waals surface area contributed by atoms with Crippen LogP contribution in [0.2, 0.25) is 0 Å². The Hall–Kier alpha value is -2.19. The van der Waals surface area contributed by atoms with Gasteiger partial charge in [-0.05, 0) is 30.3 Å². The second-order valence-electron chi connectivity index (χ2n) is 5.42. The van der Waals surface area contributed by atoms with Crippen LogP contribution < -0.4 is 10.1 Å². The minimum absolute atomic E-state index is 0.302. The highest BCUT2D eigenvalue weighted by molar-refractivity contribution is 9.10. The Bertz CT molecular complexity index is 938. The van der Waals surface area contributed by atoms with Gasteiger partial charge in [0, 0.05) is 21.3 Å². The van der Waals surface area contributed by atoms with Crippen LogP contribution in [-0.4, -0.2) is 15.2 Å². The van der Waals surface area contributed by atoms with E-state index >= 15 is 0 Å².